The smallest absolute Gasteiger partial charge is 0.0670 e. The number of H-pyrrole nitrogens is 1. The number of rotatable bonds is 2. The molecule has 0 spiro atoms. The molecule has 1 fully saturated rings. The Morgan fingerprint density at radius 3 is 3.07 bits per heavy atom. The molecule has 0 amide bonds. The number of anilines is 1. The van der Waals surface area contributed by atoms with Gasteiger partial charge in [0.25, 0.3) is 0 Å². The predicted molar refractivity (Wildman–Crippen MR) is 57.4 cm³/mol. The maximum absolute atomic E-state index is 4.00. The first-order chi connectivity index (χ1) is 6.92. The minimum Gasteiger partial charge on any atom is -0.382 e. The molecule has 1 aromatic carbocycles. The molecule has 14 heavy (non-hydrogen) atoms. The van der Waals surface area contributed by atoms with Gasteiger partial charge in [-0.3, -0.25) is 5.10 Å². The summed E-state index contributed by atoms with van der Waals surface area (Å²) in [4.78, 5) is 0. The molecule has 3 heteroatoms. The molecule has 2 N–H and O–H groups in total. The molecule has 0 bridgehead atoms. The van der Waals surface area contributed by atoms with E-state index in [0.717, 1.165) is 5.52 Å². The lowest BCUT2D eigenvalue weighted by atomic mass is 9.93. The van der Waals surface area contributed by atoms with Crippen molar-refractivity contribution in [3.05, 3.63) is 24.4 Å². The largest absolute Gasteiger partial charge is 0.382 e. The molecule has 0 aliphatic heterocycles. The Balaban J connectivity index is 1.88. The molecule has 1 heterocycles. The third-order valence-corrected chi connectivity index (χ3v) is 2.92. The second-order valence-corrected chi connectivity index (χ2v) is 3.94. The van der Waals surface area contributed by atoms with Crippen LogP contribution >= 0.6 is 0 Å². The Kier molecular flexibility index (Phi) is 1.69. The van der Waals surface area contributed by atoms with Crippen LogP contribution in [-0.2, 0) is 0 Å². The number of fused-ring (bicyclic) bond motifs is 1. The van der Waals surface area contributed by atoms with Crippen LogP contribution in [-0.4, -0.2) is 16.2 Å². The Morgan fingerprint density at radius 2 is 2.29 bits per heavy atom. The van der Waals surface area contributed by atoms with Gasteiger partial charge in [-0.1, -0.05) is 0 Å². The Labute approximate surface area is 82.5 Å². The fourth-order valence-electron chi connectivity index (χ4n) is 1.82. The van der Waals surface area contributed by atoms with Crippen LogP contribution in [0.25, 0.3) is 10.9 Å². The van der Waals surface area contributed by atoms with Crippen molar-refractivity contribution in [3.8, 4) is 0 Å². The van der Waals surface area contributed by atoms with E-state index in [4.69, 9.17) is 0 Å². The summed E-state index contributed by atoms with van der Waals surface area (Å²) < 4.78 is 0. The molecule has 1 aliphatic carbocycles. The molecule has 2 aromatic rings. The van der Waals surface area contributed by atoms with Gasteiger partial charge in [0.15, 0.2) is 0 Å². The number of aromatic amines is 1. The lowest BCUT2D eigenvalue weighted by Crippen LogP contribution is -2.26. The van der Waals surface area contributed by atoms with Crippen molar-refractivity contribution in [2.75, 3.05) is 5.32 Å². The summed E-state index contributed by atoms with van der Waals surface area (Å²) in [6.45, 7) is 0. The standard InChI is InChI=1S/C11H13N3/c1-2-9(3-1)13-10-5-4-8-7-12-14-11(8)6-10/h4-7,9,13H,1-3H2,(H,12,14). The second kappa shape index (κ2) is 3.01. The van der Waals surface area contributed by atoms with Gasteiger partial charge in [-0.05, 0) is 37.5 Å². The van der Waals surface area contributed by atoms with Crippen molar-refractivity contribution >= 4 is 16.6 Å². The molecule has 3 rings (SSSR count). The van der Waals surface area contributed by atoms with Crippen LogP contribution in [0.2, 0.25) is 0 Å². The fraction of sp³-hybridized carbons (Fsp3) is 0.364. The Bertz CT molecular complexity index is 442. The summed E-state index contributed by atoms with van der Waals surface area (Å²) in [5, 5.41) is 11.7. The van der Waals surface area contributed by atoms with Crippen molar-refractivity contribution in [3.63, 3.8) is 0 Å². The van der Waals surface area contributed by atoms with Crippen LogP contribution in [0.1, 0.15) is 19.3 Å². The van der Waals surface area contributed by atoms with Gasteiger partial charge in [-0.2, -0.15) is 5.10 Å². The van der Waals surface area contributed by atoms with Gasteiger partial charge in [-0.15, -0.1) is 0 Å². The van der Waals surface area contributed by atoms with E-state index < -0.39 is 0 Å². The fourth-order valence-corrected chi connectivity index (χ4v) is 1.82. The number of nitrogens with zero attached hydrogens (tertiary/aromatic N) is 1. The lowest BCUT2D eigenvalue weighted by Gasteiger charge is -2.27. The van der Waals surface area contributed by atoms with Gasteiger partial charge in [0.2, 0.25) is 0 Å². The van der Waals surface area contributed by atoms with E-state index in [-0.39, 0.29) is 0 Å². The first-order valence-electron chi connectivity index (χ1n) is 5.11. The van der Waals surface area contributed by atoms with Crippen molar-refractivity contribution in [1.82, 2.24) is 10.2 Å². The molecule has 3 nitrogen and oxygen atoms in total. The van der Waals surface area contributed by atoms with E-state index in [0.29, 0.717) is 6.04 Å². The average Bonchev–Trinajstić information content (AvgIpc) is 2.58. The second-order valence-electron chi connectivity index (χ2n) is 3.94. The molecular weight excluding hydrogens is 174 g/mol. The first kappa shape index (κ1) is 7.85. The van der Waals surface area contributed by atoms with Crippen LogP contribution < -0.4 is 5.32 Å². The Morgan fingerprint density at radius 1 is 1.36 bits per heavy atom. The summed E-state index contributed by atoms with van der Waals surface area (Å²) in [5.74, 6) is 0. The third-order valence-electron chi connectivity index (χ3n) is 2.92. The number of hydrogen-bond acceptors (Lipinski definition) is 2. The highest BCUT2D eigenvalue weighted by Gasteiger charge is 2.16. The molecule has 0 unspecified atom stereocenters. The lowest BCUT2D eigenvalue weighted by molar-refractivity contribution is 0.445. The van der Waals surface area contributed by atoms with Gasteiger partial charge >= 0.3 is 0 Å². The monoisotopic (exact) mass is 187 g/mol. The van der Waals surface area contributed by atoms with E-state index in [1.807, 2.05) is 6.20 Å². The molecule has 72 valence electrons. The van der Waals surface area contributed by atoms with Gasteiger partial charge < -0.3 is 5.32 Å². The summed E-state index contributed by atoms with van der Waals surface area (Å²) in [5.41, 5.74) is 2.31. The van der Waals surface area contributed by atoms with E-state index in [1.54, 1.807) is 0 Å². The summed E-state index contributed by atoms with van der Waals surface area (Å²) in [6, 6.07) is 7.03. The molecule has 0 atom stereocenters. The van der Waals surface area contributed by atoms with Crippen LogP contribution in [0, 0.1) is 0 Å². The topological polar surface area (TPSA) is 40.7 Å². The van der Waals surface area contributed by atoms with Gasteiger partial charge in [0.05, 0.1) is 11.7 Å². The van der Waals surface area contributed by atoms with Crippen LogP contribution in [0.3, 0.4) is 0 Å². The maximum atomic E-state index is 4.00. The minimum atomic E-state index is 0.690. The number of nitrogens with one attached hydrogen (secondary N) is 2. The SMILES string of the molecule is c1cc2cn[nH]c2cc1NC1CCC1. The summed E-state index contributed by atoms with van der Waals surface area (Å²) in [6.07, 6.45) is 5.83. The number of benzene rings is 1. The van der Waals surface area contributed by atoms with Gasteiger partial charge in [0.1, 0.15) is 0 Å². The van der Waals surface area contributed by atoms with Crippen molar-refractivity contribution in [2.24, 2.45) is 0 Å². The quantitative estimate of drug-likeness (QED) is 0.758. The zero-order valence-corrected chi connectivity index (χ0v) is 7.96. The highest BCUT2D eigenvalue weighted by Crippen LogP contribution is 2.24. The van der Waals surface area contributed by atoms with Gasteiger partial charge in [0, 0.05) is 17.1 Å². The van der Waals surface area contributed by atoms with Crippen molar-refractivity contribution in [2.45, 2.75) is 25.3 Å². The molecule has 1 aliphatic rings. The Hall–Kier alpha value is -1.51. The predicted octanol–water partition coefficient (Wildman–Crippen LogP) is 2.53. The highest BCUT2D eigenvalue weighted by molar-refractivity contribution is 5.81. The first-order valence-corrected chi connectivity index (χ1v) is 5.11. The van der Waals surface area contributed by atoms with Gasteiger partial charge in [-0.25, -0.2) is 0 Å². The minimum absolute atomic E-state index is 0.690. The summed E-state index contributed by atoms with van der Waals surface area (Å²) in [7, 11) is 0. The maximum Gasteiger partial charge on any atom is 0.0670 e. The molecule has 1 saturated carbocycles. The van der Waals surface area contributed by atoms with Crippen LogP contribution in [0.15, 0.2) is 24.4 Å². The van der Waals surface area contributed by atoms with E-state index in [9.17, 15) is 0 Å². The van der Waals surface area contributed by atoms with Crippen molar-refractivity contribution in [1.29, 1.82) is 0 Å². The van der Waals surface area contributed by atoms with Crippen molar-refractivity contribution < 1.29 is 0 Å². The average molecular weight is 187 g/mol. The zero-order chi connectivity index (χ0) is 9.38. The third kappa shape index (κ3) is 1.25. The molecule has 0 saturated heterocycles. The normalized spacial score (nSPS) is 16.9. The number of aromatic nitrogens is 2. The zero-order valence-electron chi connectivity index (χ0n) is 7.96. The van der Waals surface area contributed by atoms with E-state index >= 15 is 0 Å². The molecular formula is C11H13N3. The van der Waals surface area contributed by atoms with Crippen LogP contribution in [0.5, 0.6) is 0 Å². The molecule has 0 radical (unpaired) electrons. The van der Waals surface area contributed by atoms with E-state index in [2.05, 4.69) is 33.7 Å². The number of hydrogen-bond donors (Lipinski definition) is 2. The highest BCUT2D eigenvalue weighted by atomic mass is 15.1. The molecule has 1 aromatic heterocycles. The van der Waals surface area contributed by atoms with Crippen LogP contribution in [0.4, 0.5) is 5.69 Å². The summed E-state index contributed by atoms with van der Waals surface area (Å²) >= 11 is 0. The van der Waals surface area contributed by atoms with E-state index in [1.165, 1.54) is 30.3 Å².